The van der Waals surface area contributed by atoms with Crippen LogP contribution in [0.25, 0.3) is 0 Å². The van der Waals surface area contributed by atoms with Crippen LogP contribution in [0.2, 0.25) is 0 Å². The Morgan fingerprint density at radius 1 is 1.33 bits per heavy atom. The summed E-state index contributed by atoms with van der Waals surface area (Å²) in [4.78, 5) is 12.2. The quantitative estimate of drug-likeness (QED) is 0.732. The highest BCUT2D eigenvalue weighted by molar-refractivity contribution is 5.90. The van der Waals surface area contributed by atoms with Gasteiger partial charge in [-0.1, -0.05) is 38.1 Å². The molecular formula is C14H18O. The molecule has 15 heavy (non-hydrogen) atoms. The number of hydrogen-bond donors (Lipinski definition) is 0. The van der Waals surface area contributed by atoms with Gasteiger partial charge in [0.05, 0.1) is 0 Å². The molecule has 1 aromatic carbocycles. The van der Waals surface area contributed by atoms with Gasteiger partial charge in [0.15, 0.2) is 0 Å². The lowest BCUT2D eigenvalue weighted by molar-refractivity contribution is -0.125. The first-order valence-corrected chi connectivity index (χ1v) is 5.89. The molecule has 0 fully saturated rings. The highest BCUT2D eigenvalue weighted by Gasteiger charge is 2.34. The summed E-state index contributed by atoms with van der Waals surface area (Å²) >= 11 is 0. The first kappa shape index (κ1) is 10.4. The zero-order valence-electron chi connectivity index (χ0n) is 9.49. The summed E-state index contributed by atoms with van der Waals surface area (Å²) in [6.07, 6.45) is 2.92. The molecule has 1 nitrogen and oxygen atoms in total. The Bertz CT molecular complexity index is 363. The Balaban J connectivity index is 2.13. The highest BCUT2D eigenvalue weighted by Crippen LogP contribution is 2.37. The standard InChI is InChI=1S/C14H18O/c1-3-10(4-2)14(15)13-9-11-7-5-6-8-12(11)13/h5-8,10,13H,3-4,9H2,1-2H3. The minimum Gasteiger partial charge on any atom is -0.299 e. The van der Waals surface area contributed by atoms with Gasteiger partial charge >= 0.3 is 0 Å². The molecule has 0 bridgehead atoms. The van der Waals surface area contributed by atoms with Crippen LogP contribution in [0.4, 0.5) is 0 Å². The Labute approximate surface area is 91.5 Å². The maximum atomic E-state index is 12.2. The second-order valence-electron chi connectivity index (χ2n) is 4.37. The van der Waals surface area contributed by atoms with Crippen molar-refractivity contribution in [2.75, 3.05) is 0 Å². The van der Waals surface area contributed by atoms with Crippen molar-refractivity contribution in [3.05, 3.63) is 35.4 Å². The molecule has 0 saturated heterocycles. The summed E-state index contributed by atoms with van der Waals surface area (Å²) < 4.78 is 0. The van der Waals surface area contributed by atoms with Gasteiger partial charge in [0, 0.05) is 11.8 Å². The molecule has 2 rings (SSSR count). The average Bonchev–Trinajstić information content (AvgIpc) is 2.22. The number of ketones is 1. The molecule has 0 aromatic heterocycles. The number of rotatable bonds is 4. The van der Waals surface area contributed by atoms with Gasteiger partial charge in [-0.05, 0) is 30.4 Å². The van der Waals surface area contributed by atoms with Crippen LogP contribution in [-0.4, -0.2) is 5.78 Å². The largest absolute Gasteiger partial charge is 0.299 e. The van der Waals surface area contributed by atoms with Crippen molar-refractivity contribution in [3.63, 3.8) is 0 Å². The molecule has 80 valence electrons. The van der Waals surface area contributed by atoms with E-state index >= 15 is 0 Å². The maximum Gasteiger partial charge on any atom is 0.143 e. The van der Waals surface area contributed by atoms with Crippen molar-refractivity contribution >= 4 is 5.78 Å². The van der Waals surface area contributed by atoms with E-state index in [1.54, 1.807) is 0 Å². The number of benzene rings is 1. The van der Waals surface area contributed by atoms with E-state index in [9.17, 15) is 4.79 Å². The van der Waals surface area contributed by atoms with E-state index in [2.05, 4.69) is 32.0 Å². The van der Waals surface area contributed by atoms with Gasteiger partial charge in [0.1, 0.15) is 5.78 Å². The third-order valence-electron chi connectivity index (χ3n) is 3.59. The van der Waals surface area contributed by atoms with Crippen LogP contribution >= 0.6 is 0 Å². The minimum atomic E-state index is 0.200. The third kappa shape index (κ3) is 1.71. The van der Waals surface area contributed by atoms with Crippen LogP contribution in [0.15, 0.2) is 24.3 Å². The number of carbonyl (C=O) groups excluding carboxylic acids is 1. The fourth-order valence-electron chi connectivity index (χ4n) is 2.49. The fourth-order valence-corrected chi connectivity index (χ4v) is 2.49. The number of Topliss-reactive ketones (excluding diaryl/α,β-unsaturated/α-hetero) is 1. The van der Waals surface area contributed by atoms with Crippen molar-refractivity contribution < 1.29 is 4.79 Å². The molecule has 1 heteroatoms. The van der Waals surface area contributed by atoms with Gasteiger partial charge in [-0.15, -0.1) is 0 Å². The van der Waals surface area contributed by atoms with E-state index in [4.69, 9.17) is 0 Å². The first-order valence-electron chi connectivity index (χ1n) is 5.89. The molecule has 0 heterocycles. The van der Waals surface area contributed by atoms with Gasteiger partial charge < -0.3 is 0 Å². The Morgan fingerprint density at radius 3 is 2.60 bits per heavy atom. The molecule has 1 aromatic rings. The van der Waals surface area contributed by atoms with E-state index in [0.717, 1.165) is 19.3 Å². The number of hydrogen-bond acceptors (Lipinski definition) is 1. The van der Waals surface area contributed by atoms with Crippen LogP contribution in [0, 0.1) is 5.92 Å². The Hall–Kier alpha value is -1.11. The smallest absolute Gasteiger partial charge is 0.143 e. The summed E-state index contributed by atoms with van der Waals surface area (Å²) in [6, 6.07) is 8.32. The van der Waals surface area contributed by atoms with Crippen LogP contribution in [0.1, 0.15) is 43.7 Å². The van der Waals surface area contributed by atoms with Crippen LogP contribution in [0.3, 0.4) is 0 Å². The molecule has 0 N–H and O–H groups in total. The number of carbonyl (C=O) groups is 1. The average molecular weight is 202 g/mol. The lowest BCUT2D eigenvalue weighted by Gasteiger charge is -2.31. The van der Waals surface area contributed by atoms with Crippen molar-refractivity contribution in [3.8, 4) is 0 Å². The van der Waals surface area contributed by atoms with E-state index < -0.39 is 0 Å². The molecule has 1 unspecified atom stereocenters. The van der Waals surface area contributed by atoms with Crippen LogP contribution in [-0.2, 0) is 11.2 Å². The van der Waals surface area contributed by atoms with Crippen molar-refractivity contribution in [2.45, 2.75) is 39.0 Å². The monoisotopic (exact) mass is 202 g/mol. The molecular weight excluding hydrogens is 184 g/mol. The van der Waals surface area contributed by atoms with E-state index in [1.165, 1.54) is 11.1 Å². The van der Waals surface area contributed by atoms with Crippen molar-refractivity contribution in [2.24, 2.45) is 5.92 Å². The molecule has 1 aliphatic carbocycles. The first-order chi connectivity index (χ1) is 7.27. The van der Waals surface area contributed by atoms with Crippen LogP contribution < -0.4 is 0 Å². The molecule has 0 radical (unpaired) electrons. The second-order valence-corrected chi connectivity index (χ2v) is 4.37. The molecule has 0 amide bonds. The molecule has 1 atom stereocenters. The van der Waals surface area contributed by atoms with E-state index in [-0.39, 0.29) is 11.8 Å². The Morgan fingerprint density at radius 2 is 2.00 bits per heavy atom. The lowest BCUT2D eigenvalue weighted by Crippen LogP contribution is -2.29. The fraction of sp³-hybridized carbons (Fsp3) is 0.500. The minimum absolute atomic E-state index is 0.200. The highest BCUT2D eigenvalue weighted by atomic mass is 16.1. The summed E-state index contributed by atoms with van der Waals surface area (Å²) in [5.41, 5.74) is 2.64. The summed E-state index contributed by atoms with van der Waals surface area (Å²) in [6.45, 7) is 4.22. The van der Waals surface area contributed by atoms with Crippen LogP contribution in [0.5, 0.6) is 0 Å². The summed E-state index contributed by atoms with van der Waals surface area (Å²) in [5, 5.41) is 0. The SMILES string of the molecule is CCC(CC)C(=O)C1Cc2ccccc21. The van der Waals surface area contributed by atoms with Crippen molar-refractivity contribution in [1.29, 1.82) is 0 Å². The third-order valence-corrected chi connectivity index (χ3v) is 3.59. The van der Waals surface area contributed by atoms with E-state index in [1.807, 2.05) is 6.07 Å². The maximum absolute atomic E-state index is 12.2. The lowest BCUT2D eigenvalue weighted by atomic mass is 9.71. The Kier molecular flexibility index (Phi) is 2.90. The molecule has 1 aliphatic rings. The van der Waals surface area contributed by atoms with Gasteiger partial charge in [0.25, 0.3) is 0 Å². The van der Waals surface area contributed by atoms with Gasteiger partial charge in [-0.25, -0.2) is 0 Å². The predicted molar refractivity (Wildman–Crippen MR) is 62.0 cm³/mol. The van der Waals surface area contributed by atoms with Gasteiger partial charge in [-0.2, -0.15) is 0 Å². The summed E-state index contributed by atoms with van der Waals surface area (Å²) in [7, 11) is 0. The normalized spacial score (nSPS) is 18.5. The zero-order chi connectivity index (χ0) is 10.8. The van der Waals surface area contributed by atoms with E-state index in [0.29, 0.717) is 5.78 Å². The van der Waals surface area contributed by atoms with Gasteiger partial charge in [-0.3, -0.25) is 4.79 Å². The number of fused-ring (bicyclic) bond motifs is 1. The van der Waals surface area contributed by atoms with Gasteiger partial charge in [0.2, 0.25) is 0 Å². The van der Waals surface area contributed by atoms with Crippen molar-refractivity contribution in [1.82, 2.24) is 0 Å². The molecule has 0 aliphatic heterocycles. The predicted octanol–water partition coefficient (Wildman–Crippen LogP) is 3.33. The second kappa shape index (κ2) is 4.18. The molecule has 0 spiro atoms. The molecule has 0 saturated carbocycles. The summed E-state index contributed by atoms with van der Waals surface area (Å²) in [5.74, 6) is 0.924. The zero-order valence-corrected chi connectivity index (χ0v) is 9.49. The topological polar surface area (TPSA) is 17.1 Å².